The first-order valence-electron chi connectivity index (χ1n) is 7.81. The van der Waals surface area contributed by atoms with Crippen LogP contribution < -0.4 is 0 Å². The summed E-state index contributed by atoms with van der Waals surface area (Å²) < 4.78 is 10.4. The zero-order valence-corrected chi connectivity index (χ0v) is 13.5. The Morgan fingerprint density at radius 2 is 2.13 bits per heavy atom. The summed E-state index contributed by atoms with van der Waals surface area (Å²) in [6.45, 7) is 5.61. The first-order valence-corrected chi connectivity index (χ1v) is 7.81. The smallest absolute Gasteiger partial charge is 0.347 e. The molecule has 120 valence electrons. The van der Waals surface area contributed by atoms with Crippen molar-refractivity contribution in [1.82, 2.24) is 4.98 Å². The number of para-hydroxylation sites is 1. The molecule has 1 saturated heterocycles. The quantitative estimate of drug-likeness (QED) is 0.815. The minimum Gasteiger partial charge on any atom is -0.460 e. The molecule has 2 atom stereocenters. The fourth-order valence-electron chi connectivity index (χ4n) is 2.97. The molecular formula is C18H19NO4. The van der Waals surface area contributed by atoms with Crippen LogP contribution in [0.4, 0.5) is 0 Å². The van der Waals surface area contributed by atoms with Crippen LogP contribution in [0.5, 0.6) is 0 Å². The van der Waals surface area contributed by atoms with Crippen LogP contribution in [0, 0.1) is 6.92 Å². The van der Waals surface area contributed by atoms with Crippen molar-refractivity contribution in [2.45, 2.75) is 45.8 Å². The topological polar surface area (TPSA) is 65.5 Å². The Morgan fingerprint density at radius 3 is 2.78 bits per heavy atom. The molecule has 2 unspecified atom stereocenters. The summed E-state index contributed by atoms with van der Waals surface area (Å²) in [5.41, 5.74) is 2.83. The van der Waals surface area contributed by atoms with E-state index in [-0.39, 0.29) is 6.10 Å². The Labute approximate surface area is 134 Å². The van der Waals surface area contributed by atoms with E-state index in [1.54, 1.807) is 6.92 Å². The van der Waals surface area contributed by atoms with Crippen molar-refractivity contribution in [2.24, 2.45) is 0 Å². The summed E-state index contributed by atoms with van der Waals surface area (Å²) in [6.07, 6.45) is -0.0388. The number of nitrogens with zero attached hydrogens (tertiary/aromatic N) is 1. The highest BCUT2D eigenvalue weighted by Gasteiger charge is 2.36. The molecule has 2 aromatic rings. The normalized spacial score (nSPS) is 20.6. The van der Waals surface area contributed by atoms with E-state index >= 15 is 0 Å². The van der Waals surface area contributed by atoms with Crippen LogP contribution in [0.25, 0.3) is 10.9 Å². The van der Waals surface area contributed by atoms with E-state index in [1.807, 2.05) is 38.1 Å². The van der Waals surface area contributed by atoms with Crippen molar-refractivity contribution < 1.29 is 19.1 Å². The number of carbonyl (C=O) groups excluding carboxylic acids is 2. The van der Waals surface area contributed by atoms with Gasteiger partial charge in [-0.3, -0.25) is 4.98 Å². The molecule has 5 nitrogen and oxygen atoms in total. The van der Waals surface area contributed by atoms with Gasteiger partial charge in [-0.05, 0) is 31.9 Å². The molecule has 0 spiro atoms. The molecule has 0 radical (unpaired) electrons. The highest BCUT2D eigenvalue weighted by atomic mass is 16.6. The van der Waals surface area contributed by atoms with E-state index in [4.69, 9.17) is 9.47 Å². The van der Waals surface area contributed by atoms with Gasteiger partial charge >= 0.3 is 11.9 Å². The van der Waals surface area contributed by atoms with Crippen LogP contribution in [-0.2, 0) is 20.7 Å². The standard InChI is InChI=1S/C18H19NO4/c1-4-13-16(11(3)12-7-5-6-8-14(12)19-13)18(21)23-15-9-10(2)22-17(15)20/h5-8,10,15H,4,9H2,1-3H3. The molecule has 23 heavy (non-hydrogen) atoms. The maximum absolute atomic E-state index is 12.6. The molecule has 3 rings (SSSR count). The molecule has 1 aromatic carbocycles. The summed E-state index contributed by atoms with van der Waals surface area (Å²) in [5, 5.41) is 0.916. The first-order chi connectivity index (χ1) is 11.0. The van der Waals surface area contributed by atoms with E-state index in [9.17, 15) is 9.59 Å². The van der Waals surface area contributed by atoms with Crippen molar-refractivity contribution in [2.75, 3.05) is 0 Å². The summed E-state index contributed by atoms with van der Waals surface area (Å²) >= 11 is 0. The lowest BCUT2D eigenvalue weighted by Gasteiger charge is -2.14. The fraction of sp³-hybridized carbons (Fsp3) is 0.389. The number of rotatable bonds is 3. The highest BCUT2D eigenvalue weighted by Crippen LogP contribution is 2.26. The molecule has 2 heterocycles. The Kier molecular flexibility index (Phi) is 4.03. The van der Waals surface area contributed by atoms with Crippen molar-refractivity contribution in [1.29, 1.82) is 0 Å². The average molecular weight is 313 g/mol. The molecule has 0 amide bonds. The van der Waals surface area contributed by atoms with Gasteiger partial charge in [0.1, 0.15) is 6.10 Å². The van der Waals surface area contributed by atoms with Gasteiger partial charge in [-0.25, -0.2) is 9.59 Å². The zero-order valence-electron chi connectivity index (χ0n) is 13.5. The van der Waals surface area contributed by atoms with Gasteiger partial charge in [-0.15, -0.1) is 0 Å². The molecular weight excluding hydrogens is 294 g/mol. The van der Waals surface area contributed by atoms with Crippen LogP contribution in [0.1, 0.15) is 41.9 Å². The Hall–Kier alpha value is -2.43. The monoisotopic (exact) mass is 313 g/mol. The minimum absolute atomic E-state index is 0.221. The zero-order chi connectivity index (χ0) is 16.6. The van der Waals surface area contributed by atoms with Crippen molar-refractivity contribution in [3.8, 4) is 0 Å². The second kappa shape index (κ2) is 5.99. The van der Waals surface area contributed by atoms with Gasteiger partial charge in [0.05, 0.1) is 16.8 Å². The molecule has 0 saturated carbocycles. The summed E-state index contributed by atoms with van der Waals surface area (Å²) in [7, 11) is 0. The van der Waals surface area contributed by atoms with Gasteiger partial charge in [-0.1, -0.05) is 25.1 Å². The third-order valence-corrected chi connectivity index (χ3v) is 4.14. The number of benzene rings is 1. The molecule has 1 aromatic heterocycles. The van der Waals surface area contributed by atoms with Crippen LogP contribution in [0.2, 0.25) is 0 Å². The van der Waals surface area contributed by atoms with Crippen LogP contribution in [0.15, 0.2) is 24.3 Å². The molecule has 0 aliphatic carbocycles. The average Bonchev–Trinajstić information content (AvgIpc) is 2.84. The van der Waals surface area contributed by atoms with E-state index in [0.29, 0.717) is 24.1 Å². The first kappa shape index (κ1) is 15.5. The van der Waals surface area contributed by atoms with Crippen LogP contribution >= 0.6 is 0 Å². The van der Waals surface area contributed by atoms with Crippen molar-refractivity contribution >= 4 is 22.8 Å². The van der Waals surface area contributed by atoms with Gasteiger partial charge in [0, 0.05) is 11.8 Å². The van der Waals surface area contributed by atoms with Gasteiger partial charge < -0.3 is 9.47 Å². The van der Waals surface area contributed by atoms with Crippen LogP contribution in [0.3, 0.4) is 0 Å². The second-order valence-electron chi connectivity index (χ2n) is 5.81. The lowest BCUT2D eigenvalue weighted by molar-refractivity contribution is -0.147. The summed E-state index contributed by atoms with van der Waals surface area (Å²) in [5.74, 6) is -0.982. The lowest BCUT2D eigenvalue weighted by atomic mass is 10.0. The third kappa shape index (κ3) is 2.79. The van der Waals surface area contributed by atoms with Gasteiger partial charge in [0.15, 0.2) is 0 Å². The van der Waals surface area contributed by atoms with E-state index < -0.39 is 18.0 Å². The maximum atomic E-state index is 12.6. The van der Waals surface area contributed by atoms with Crippen LogP contribution in [-0.4, -0.2) is 29.1 Å². The number of ether oxygens (including phenoxy) is 2. The van der Waals surface area contributed by atoms with E-state index in [2.05, 4.69) is 4.98 Å². The lowest BCUT2D eigenvalue weighted by Crippen LogP contribution is -2.24. The van der Waals surface area contributed by atoms with Crippen molar-refractivity contribution in [3.63, 3.8) is 0 Å². The highest BCUT2D eigenvalue weighted by molar-refractivity contribution is 5.99. The SMILES string of the molecule is CCc1nc2ccccc2c(C)c1C(=O)OC1CC(C)OC1=O. The molecule has 1 fully saturated rings. The molecule has 0 bridgehead atoms. The van der Waals surface area contributed by atoms with E-state index in [1.165, 1.54) is 0 Å². The molecule has 1 aliphatic heterocycles. The number of hydrogen-bond donors (Lipinski definition) is 0. The number of fused-ring (bicyclic) bond motifs is 1. The number of cyclic esters (lactones) is 1. The number of aromatic nitrogens is 1. The molecule has 1 aliphatic rings. The van der Waals surface area contributed by atoms with Crippen molar-refractivity contribution in [3.05, 3.63) is 41.1 Å². The van der Waals surface area contributed by atoms with Gasteiger partial charge in [-0.2, -0.15) is 0 Å². The Bertz CT molecular complexity index is 784. The van der Waals surface area contributed by atoms with E-state index in [0.717, 1.165) is 16.5 Å². The predicted molar refractivity (Wildman–Crippen MR) is 85.2 cm³/mol. The minimum atomic E-state index is -0.826. The third-order valence-electron chi connectivity index (χ3n) is 4.14. The Morgan fingerprint density at radius 1 is 1.39 bits per heavy atom. The number of esters is 2. The number of pyridine rings is 1. The summed E-state index contributed by atoms with van der Waals surface area (Å²) in [4.78, 5) is 28.9. The second-order valence-corrected chi connectivity index (χ2v) is 5.81. The largest absolute Gasteiger partial charge is 0.460 e. The predicted octanol–water partition coefficient (Wildman–Crippen LogP) is 2.97. The maximum Gasteiger partial charge on any atom is 0.347 e. The fourth-order valence-corrected chi connectivity index (χ4v) is 2.97. The molecule has 0 N–H and O–H groups in total. The number of aryl methyl sites for hydroxylation is 2. The van der Waals surface area contributed by atoms with Gasteiger partial charge in [0.2, 0.25) is 6.10 Å². The number of carbonyl (C=O) groups is 2. The Balaban J connectivity index is 1.99. The number of hydrogen-bond acceptors (Lipinski definition) is 5. The molecule has 5 heteroatoms. The van der Waals surface area contributed by atoms with Gasteiger partial charge in [0.25, 0.3) is 0 Å². The summed E-state index contributed by atoms with van der Waals surface area (Å²) in [6, 6.07) is 7.68.